The molecule has 1 aromatic heterocycles. The lowest BCUT2D eigenvalue weighted by Gasteiger charge is -2.22. The molecule has 0 N–H and O–H groups in total. The molecule has 3 aromatic carbocycles. The number of para-hydroxylation sites is 1. The minimum Gasteiger partial charge on any atom is -0.371 e. The normalized spacial score (nSPS) is 15.7. The highest BCUT2D eigenvalue weighted by Crippen LogP contribution is 2.37. The van der Waals surface area contributed by atoms with Crippen LogP contribution in [0.1, 0.15) is 56.7 Å². The maximum absolute atomic E-state index is 13.2. The predicted molar refractivity (Wildman–Crippen MR) is 138 cm³/mol. The molecule has 4 heteroatoms. The van der Waals surface area contributed by atoms with Crippen LogP contribution in [0.2, 0.25) is 0 Å². The van der Waals surface area contributed by atoms with Gasteiger partial charge >= 0.3 is 0 Å². The van der Waals surface area contributed by atoms with Gasteiger partial charge in [0, 0.05) is 59.5 Å². The molecule has 0 amide bonds. The SMILES string of the molecule is CCn1cc(C2CCN(c3cccc(C(=O)C(=O)c4ccccc4C)c3C)C2)c2ccccc21. The van der Waals surface area contributed by atoms with Crippen LogP contribution in [0, 0.1) is 13.8 Å². The Hall–Kier alpha value is -3.66. The highest BCUT2D eigenvalue weighted by Gasteiger charge is 2.29. The molecule has 1 atom stereocenters. The predicted octanol–water partition coefficient (Wildman–Crippen LogP) is 6.34. The number of carbonyl (C=O) groups excluding carboxylic acids is 2. The summed E-state index contributed by atoms with van der Waals surface area (Å²) in [6.45, 7) is 8.80. The van der Waals surface area contributed by atoms with Crippen molar-refractivity contribution in [2.75, 3.05) is 18.0 Å². The topological polar surface area (TPSA) is 42.3 Å². The first-order valence-electron chi connectivity index (χ1n) is 12.1. The van der Waals surface area contributed by atoms with Gasteiger partial charge in [-0.1, -0.05) is 54.6 Å². The second-order valence-corrected chi connectivity index (χ2v) is 9.24. The molecule has 0 aliphatic carbocycles. The van der Waals surface area contributed by atoms with Gasteiger partial charge in [-0.05, 0) is 56.0 Å². The molecule has 1 unspecified atom stereocenters. The Morgan fingerprint density at radius 1 is 0.882 bits per heavy atom. The first-order valence-corrected chi connectivity index (χ1v) is 12.1. The van der Waals surface area contributed by atoms with E-state index in [4.69, 9.17) is 0 Å². The number of rotatable bonds is 6. The van der Waals surface area contributed by atoms with E-state index < -0.39 is 11.6 Å². The Kier molecular flexibility index (Phi) is 5.82. The van der Waals surface area contributed by atoms with Crippen LogP contribution in [0.5, 0.6) is 0 Å². The molecule has 172 valence electrons. The summed E-state index contributed by atoms with van der Waals surface area (Å²) in [5.41, 5.74) is 6.42. The minimum absolute atomic E-state index is 0.435. The third-order valence-electron chi connectivity index (χ3n) is 7.27. The maximum Gasteiger partial charge on any atom is 0.233 e. The number of Topliss-reactive ketones (excluding diaryl/α,β-unsaturated/α-hetero) is 2. The van der Waals surface area contributed by atoms with Gasteiger partial charge in [-0.25, -0.2) is 0 Å². The van der Waals surface area contributed by atoms with Crippen molar-refractivity contribution in [3.63, 3.8) is 0 Å². The van der Waals surface area contributed by atoms with Gasteiger partial charge in [-0.3, -0.25) is 9.59 Å². The first kappa shape index (κ1) is 22.1. The Labute approximate surface area is 200 Å². The summed E-state index contributed by atoms with van der Waals surface area (Å²) in [5, 5.41) is 1.33. The van der Waals surface area contributed by atoms with E-state index in [1.54, 1.807) is 18.2 Å². The quantitative estimate of drug-likeness (QED) is 0.254. The Bertz CT molecular complexity index is 1400. The van der Waals surface area contributed by atoms with Crippen molar-refractivity contribution in [3.8, 4) is 0 Å². The van der Waals surface area contributed by atoms with Crippen LogP contribution >= 0.6 is 0 Å². The number of benzene rings is 3. The number of anilines is 1. The van der Waals surface area contributed by atoms with E-state index in [-0.39, 0.29) is 0 Å². The molecular weight excluding hydrogens is 420 g/mol. The molecule has 5 rings (SSSR count). The molecule has 4 aromatic rings. The van der Waals surface area contributed by atoms with Crippen LogP contribution in [0.3, 0.4) is 0 Å². The van der Waals surface area contributed by atoms with Gasteiger partial charge in [0.1, 0.15) is 0 Å². The molecule has 1 aliphatic heterocycles. The Balaban J connectivity index is 1.42. The molecule has 1 fully saturated rings. The zero-order valence-corrected chi connectivity index (χ0v) is 20.0. The number of hydrogen-bond donors (Lipinski definition) is 0. The van der Waals surface area contributed by atoms with E-state index in [1.807, 2.05) is 32.0 Å². The number of fused-ring (bicyclic) bond motifs is 1. The summed E-state index contributed by atoms with van der Waals surface area (Å²) in [6.07, 6.45) is 3.38. The second kappa shape index (κ2) is 8.94. The van der Waals surface area contributed by atoms with Gasteiger partial charge in [-0.15, -0.1) is 0 Å². The van der Waals surface area contributed by atoms with Crippen LogP contribution < -0.4 is 4.90 Å². The molecule has 1 saturated heterocycles. The zero-order valence-electron chi connectivity index (χ0n) is 20.0. The van der Waals surface area contributed by atoms with Crippen molar-refractivity contribution in [1.82, 2.24) is 4.57 Å². The molecule has 0 spiro atoms. The molecule has 0 saturated carbocycles. The molecular formula is C30H30N2O2. The number of hydrogen-bond acceptors (Lipinski definition) is 3. The molecule has 0 radical (unpaired) electrons. The Morgan fingerprint density at radius 3 is 2.38 bits per heavy atom. The first-order chi connectivity index (χ1) is 16.5. The third kappa shape index (κ3) is 3.73. The number of aromatic nitrogens is 1. The van der Waals surface area contributed by atoms with E-state index in [0.717, 1.165) is 42.9 Å². The summed E-state index contributed by atoms with van der Waals surface area (Å²) in [5.74, 6) is -0.439. The monoisotopic (exact) mass is 450 g/mol. The lowest BCUT2D eigenvalue weighted by molar-refractivity contribution is 0.0816. The van der Waals surface area contributed by atoms with Crippen molar-refractivity contribution < 1.29 is 9.59 Å². The van der Waals surface area contributed by atoms with Crippen molar-refractivity contribution in [1.29, 1.82) is 0 Å². The van der Waals surface area contributed by atoms with E-state index in [1.165, 1.54) is 16.5 Å². The minimum atomic E-state index is -0.440. The van der Waals surface area contributed by atoms with Crippen LogP contribution in [0.25, 0.3) is 10.9 Å². The number of ketones is 2. The van der Waals surface area contributed by atoms with E-state index >= 15 is 0 Å². The highest BCUT2D eigenvalue weighted by molar-refractivity contribution is 6.49. The Morgan fingerprint density at radius 2 is 1.59 bits per heavy atom. The van der Waals surface area contributed by atoms with Crippen LogP contribution in [0.15, 0.2) is 72.9 Å². The van der Waals surface area contributed by atoms with Crippen molar-refractivity contribution in [2.45, 2.75) is 39.7 Å². The van der Waals surface area contributed by atoms with Gasteiger partial charge < -0.3 is 9.47 Å². The fourth-order valence-corrected chi connectivity index (χ4v) is 5.38. The fraction of sp³-hybridized carbons (Fsp3) is 0.267. The lowest BCUT2D eigenvalue weighted by Crippen LogP contribution is -2.22. The average molecular weight is 451 g/mol. The van der Waals surface area contributed by atoms with Crippen molar-refractivity contribution in [2.24, 2.45) is 0 Å². The molecule has 2 heterocycles. The van der Waals surface area contributed by atoms with Crippen molar-refractivity contribution >= 4 is 28.2 Å². The van der Waals surface area contributed by atoms with E-state index in [9.17, 15) is 9.59 Å². The molecule has 34 heavy (non-hydrogen) atoms. The molecule has 4 nitrogen and oxygen atoms in total. The fourth-order valence-electron chi connectivity index (χ4n) is 5.38. The standard InChI is InChI=1S/C30H30N2O2/c1-4-31-19-26(25-12-7-8-14-28(25)31)22-16-17-32(18-22)27-15-9-13-24(21(27)3)30(34)29(33)23-11-6-5-10-20(23)2/h5-15,19,22H,4,16-18H2,1-3H3. The van der Waals surface area contributed by atoms with Gasteiger partial charge in [0.25, 0.3) is 0 Å². The summed E-state index contributed by atoms with van der Waals surface area (Å²) in [7, 11) is 0. The number of nitrogens with zero attached hydrogens (tertiary/aromatic N) is 2. The lowest BCUT2D eigenvalue weighted by atomic mass is 9.94. The van der Waals surface area contributed by atoms with Gasteiger partial charge in [0.2, 0.25) is 11.6 Å². The molecule has 1 aliphatic rings. The van der Waals surface area contributed by atoms with E-state index in [0.29, 0.717) is 17.0 Å². The zero-order chi connectivity index (χ0) is 23.8. The van der Waals surface area contributed by atoms with Crippen LogP contribution in [-0.4, -0.2) is 29.2 Å². The third-order valence-corrected chi connectivity index (χ3v) is 7.27. The summed E-state index contributed by atoms with van der Waals surface area (Å²) in [6, 6.07) is 21.7. The second-order valence-electron chi connectivity index (χ2n) is 9.24. The largest absolute Gasteiger partial charge is 0.371 e. The van der Waals surface area contributed by atoms with Gasteiger partial charge in [-0.2, -0.15) is 0 Å². The highest BCUT2D eigenvalue weighted by atomic mass is 16.2. The van der Waals surface area contributed by atoms with Gasteiger partial charge in [0.05, 0.1) is 0 Å². The average Bonchev–Trinajstić information content (AvgIpc) is 3.48. The van der Waals surface area contributed by atoms with Crippen LogP contribution in [-0.2, 0) is 6.54 Å². The number of aryl methyl sites for hydroxylation is 2. The number of carbonyl (C=O) groups is 2. The summed E-state index contributed by atoms with van der Waals surface area (Å²) in [4.78, 5) is 28.5. The van der Waals surface area contributed by atoms with E-state index in [2.05, 4.69) is 52.9 Å². The smallest absolute Gasteiger partial charge is 0.233 e. The maximum atomic E-state index is 13.2. The molecule has 0 bridgehead atoms. The van der Waals surface area contributed by atoms with Gasteiger partial charge in [0.15, 0.2) is 0 Å². The van der Waals surface area contributed by atoms with Crippen molar-refractivity contribution in [3.05, 3.63) is 101 Å². The summed E-state index contributed by atoms with van der Waals surface area (Å²) >= 11 is 0. The van der Waals surface area contributed by atoms with Crippen LogP contribution in [0.4, 0.5) is 5.69 Å². The summed E-state index contributed by atoms with van der Waals surface area (Å²) < 4.78 is 2.33.